The zero-order chi connectivity index (χ0) is 35.3. The Hall–Kier alpha value is -5.63. The molecule has 6 bridgehead atoms. The molecule has 19 nitrogen and oxygen atoms in total. The highest BCUT2D eigenvalue weighted by atomic mass is 16.6. The summed E-state index contributed by atoms with van der Waals surface area (Å²) in [5.74, 6) is -20.1. The number of aliphatic hydroxyl groups is 4. The number of hydrogen-bond donors (Lipinski definition) is 10. The molecule has 0 amide bonds. The van der Waals surface area contributed by atoms with Crippen LogP contribution in [0.1, 0.15) is 39.1 Å². The highest BCUT2D eigenvalue weighted by Crippen LogP contribution is 2.60. The van der Waals surface area contributed by atoms with Crippen LogP contribution in [-0.4, -0.2) is 130 Å². The van der Waals surface area contributed by atoms with Crippen molar-refractivity contribution in [3.05, 3.63) is 33.9 Å². The molecule has 19 heteroatoms. The van der Waals surface area contributed by atoms with Gasteiger partial charge in [-0.25, -0.2) is 19.2 Å². The molecule has 0 fully saturated rings. The van der Waals surface area contributed by atoms with Crippen LogP contribution in [-0.2, 0) is 33.3 Å². The molecule has 0 spiro atoms. The topological polar surface area (TPSA) is 325 Å². The smallest absolute Gasteiger partial charge is 0.347 e. The Kier molecular flexibility index (Phi) is 7.21. The number of rotatable bonds is 3. The maximum absolute atomic E-state index is 14.2. The summed E-state index contributed by atoms with van der Waals surface area (Å²) >= 11 is 0. The van der Waals surface area contributed by atoms with E-state index in [1.165, 1.54) is 6.92 Å². The van der Waals surface area contributed by atoms with Crippen molar-refractivity contribution < 1.29 is 94.0 Å². The third kappa shape index (κ3) is 3.98. The van der Waals surface area contributed by atoms with Crippen LogP contribution in [0.25, 0.3) is 11.1 Å². The number of Topliss-reactive ketones (excluding diaryl/α,β-unsaturated/α-hetero) is 1. The van der Waals surface area contributed by atoms with Crippen LogP contribution in [0, 0.1) is 0 Å². The molecule has 254 valence electrons. The molecule has 5 aliphatic rings. The predicted octanol–water partition coefficient (Wildman–Crippen LogP) is -2.44. The first-order valence-corrected chi connectivity index (χ1v) is 13.9. The molecule has 4 aliphatic heterocycles. The fourth-order valence-electron chi connectivity index (χ4n) is 6.48. The van der Waals surface area contributed by atoms with Gasteiger partial charge in [-0.1, -0.05) is 0 Å². The van der Waals surface area contributed by atoms with E-state index in [1.54, 1.807) is 0 Å². The molecule has 2 aromatic carbocycles. The monoisotopic (exact) mass is 676 g/mol. The fourth-order valence-corrected chi connectivity index (χ4v) is 6.48. The summed E-state index contributed by atoms with van der Waals surface area (Å²) in [6, 6.07) is 0.438. The van der Waals surface area contributed by atoms with Gasteiger partial charge in [-0.2, -0.15) is 0 Å². The van der Waals surface area contributed by atoms with E-state index in [4.69, 9.17) is 18.9 Å². The number of phenolic OH excluding ortho intramolecular Hbond substituents is 6. The maximum atomic E-state index is 14.2. The van der Waals surface area contributed by atoms with E-state index in [1.807, 2.05) is 0 Å². The van der Waals surface area contributed by atoms with Crippen LogP contribution in [0.15, 0.2) is 17.2 Å². The molecular weight excluding hydrogens is 652 g/mol. The van der Waals surface area contributed by atoms with E-state index in [0.29, 0.717) is 6.07 Å². The molecular formula is C29H24O19. The molecule has 1 aliphatic carbocycles. The highest BCUT2D eigenvalue weighted by molar-refractivity contribution is 6.25. The lowest BCUT2D eigenvalue weighted by Crippen LogP contribution is -2.57. The summed E-state index contributed by atoms with van der Waals surface area (Å²) in [5.41, 5.74) is -11.8. The molecule has 10 N–H and O–H groups in total. The van der Waals surface area contributed by atoms with Crippen molar-refractivity contribution in [2.75, 3.05) is 13.2 Å². The second-order valence-corrected chi connectivity index (χ2v) is 11.1. The van der Waals surface area contributed by atoms with E-state index in [-0.39, 0.29) is 0 Å². The second kappa shape index (κ2) is 10.7. The van der Waals surface area contributed by atoms with Crippen molar-refractivity contribution in [3.63, 3.8) is 0 Å². The minimum Gasteiger partial charge on any atom is -0.504 e. The van der Waals surface area contributed by atoms with Gasteiger partial charge in [-0.15, -0.1) is 0 Å². The molecule has 7 rings (SSSR count). The summed E-state index contributed by atoms with van der Waals surface area (Å²) in [6.45, 7) is -0.535. The zero-order valence-corrected chi connectivity index (χ0v) is 24.1. The van der Waals surface area contributed by atoms with Gasteiger partial charge in [0, 0.05) is 22.3 Å². The van der Waals surface area contributed by atoms with E-state index in [0.717, 1.165) is 0 Å². The predicted molar refractivity (Wildman–Crippen MR) is 146 cm³/mol. The lowest BCUT2D eigenvalue weighted by atomic mass is 9.75. The van der Waals surface area contributed by atoms with Gasteiger partial charge < -0.3 is 70.0 Å². The molecule has 0 radical (unpaired) electrons. The lowest BCUT2D eigenvalue weighted by molar-refractivity contribution is -0.179. The summed E-state index contributed by atoms with van der Waals surface area (Å²) in [6.07, 6.45) is -11.8. The number of benzene rings is 2. The van der Waals surface area contributed by atoms with Crippen LogP contribution >= 0.6 is 0 Å². The number of fused-ring (bicyclic) bond motifs is 3. The van der Waals surface area contributed by atoms with Crippen LogP contribution in [0.5, 0.6) is 34.5 Å². The Morgan fingerprint density at radius 1 is 0.792 bits per heavy atom. The Morgan fingerprint density at radius 3 is 2.04 bits per heavy atom. The average Bonchev–Trinajstić information content (AvgIpc) is 3.28. The molecule has 0 saturated carbocycles. The van der Waals surface area contributed by atoms with Crippen LogP contribution in [0.3, 0.4) is 0 Å². The van der Waals surface area contributed by atoms with Crippen molar-refractivity contribution in [1.29, 1.82) is 0 Å². The molecule has 7 atom stereocenters. The van der Waals surface area contributed by atoms with Crippen molar-refractivity contribution >= 4 is 29.7 Å². The second-order valence-electron chi connectivity index (χ2n) is 11.1. The summed E-state index contributed by atoms with van der Waals surface area (Å²) in [4.78, 5) is 68.7. The molecule has 0 unspecified atom stereocenters. The quantitative estimate of drug-likeness (QED) is 0.0698. The molecule has 2 aromatic rings. The first kappa shape index (κ1) is 32.3. The van der Waals surface area contributed by atoms with Gasteiger partial charge in [-0.3, -0.25) is 4.79 Å². The maximum Gasteiger partial charge on any atom is 0.347 e. The number of ketones is 1. The summed E-state index contributed by atoms with van der Waals surface area (Å²) in [7, 11) is 0. The standard InChI is InChI=1S/C29H24O19/c1-2-45-28(43)29(44)14-11-10-9(18(35)21(38)19(11)36)8-5(3-6(31)15(32)17(8)34)25(40)46-7(4-30)16(33)22(47-26(10)41)23-20(37)13(24(29)39)12(14)27(42)48-23/h3,7,14,16,20,22-23,30-38,44H,2,4H2,1H3/t7-,14-,16-,20-,22+,23+,29-/m1/s1. The molecule has 0 saturated heterocycles. The Morgan fingerprint density at radius 2 is 1.42 bits per heavy atom. The summed E-state index contributed by atoms with van der Waals surface area (Å²) in [5, 5.41) is 110. The minimum atomic E-state index is -3.65. The Balaban J connectivity index is 1.89. The van der Waals surface area contributed by atoms with Gasteiger partial charge in [0.1, 0.15) is 12.2 Å². The minimum absolute atomic E-state index is 0.438. The molecule has 48 heavy (non-hydrogen) atoms. The number of aromatic hydroxyl groups is 6. The number of ether oxygens (including phenoxy) is 4. The fraction of sp³-hybridized carbons (Fsp3) is 0.345. The normalized spacial score (nSPS) is 29.1. The van der Waals surface area contributed by atoms with E-state index in [2.05, 4.69) is 0 Å². The SMILES string of the molecule is CCOC(=O)[C@]1(O)C(=O)C2=C3C(=O)O[C@H]([C@H]4OC(=O)c5c(c(O)c(O)c(O)c5[C@H]31)-c1c(cc(O)c(O)c1O)C(=O)O[C@H](CO)[C@H]4O)[C@@H]2O. The van der Waals surface area contributed by atoms with Gasteiger partial charge in [0.05, 0.1) is 35.8 Å². The number of esters is 4. The van der Waals surface area contributed by atoms with Crippen molar-refractivity contribution in [1.82, 2.24) is 0 Å². The van der Waals surface area contributed by atoms with Gasteiger partial charge in [-0.05, 0) is 13.0 Å². The number of cyclic esters (lactones) is 1. The zero-order valence-electron chi connectivity index (χ0n) is 24.1. The van der Waals surface area contributed by atoms with E-state index >= 15 is 0 Å². The third-order valence-corrected chi connectivity index (χ3v) is 8.64. The van der Waals surface area contributed by atoms with Crippen LogP contribution < -0.4 is 0 Å². The Bertz CT molecular complexity index is 1890. The lowest BCUT2D eigenvalue weighted by Gasteiger charge is -2.39. The Labute approximate surface area is 265 Å². The van der Waals surface area contributed by atoms with Gasteiger partial charge >= 0.3 is 23.9 Å². The van der Waals surface area contributed by atoms with Crippen molar-refractivity contribution in [2.24, 2.45) is 0 Å². The first-order chi connectivity index (χ1) is 22.5. The molecule has 0 aromatic heterocycles. The van der Waals surface area contributed by atoms with Crippen molar-refractivity contribution in [3.8, 4) is 45.6 Å². The number of carbonyl (C=O) groups excluding carboxylic acids is 5. The largest absolute Gasteiger partial charge is 0.504 e. The average molecular weight is 676 g/mol. The van der Waals surface area contributed by atoms with Crippen molar-refractivity contribution in [2.45, 2.75) is 49.0 Å². The number of phenols is 6. The number of carbonyl (C=O) groups is 5. The highest BCUT2D eigenvalue weighted by Gasteiger charge is 2.68. The molecule has 4 heterocycles. The first-order valence-electron chi connectivity index (χ1n) is 13.9. The third-order valence-electron chi connectivity index (χ3n) is 8.64. The summed E-state index contributed by atoms with van der Waals surface area (Å²) < 4.78 is 20.6. The van der Waals surface area contributed by atoms with E-state index < -0.39 is 158 Å². The number of aliphatic hydroxyl groups excluding tert-OH is 3. The van der Waals surface area contributed by atoms with Gasteiger partial charge in [0.25, 0.3) is 0 Å². The van der Waals surface area contributed by atoms with E-state index in [9.17, 15) is 75.0 Å². The number of hydrogen-bond acceptors (Lipinski definition) is 19. The van der Waals surface area contributed by atoms with Crippen LogP contribution in [0.4, 0.5) is 0 Å². The van der Waals surface area contributed by atoms with Gasteiger partial charge in [0.15, 0.2) is 41.3 Å². The van der Waals surface area contributed by atoms with Crippen LogP contribution in [0.2, 0.25) is 0 Å². The van der Waals surface area contributed by atoms with Gasteiger partial charge in [0.2, 0.25) is 22.9 Å².